The van der Waals surface area contributed by atoms with Crippen molar-refractivity contribution in [1.29, 1.82) is 0 Å². The van der Waals surface area contributed by atoms with E-state index in [-0.39, 0.29) is 11.8 Å². The molecule has 25 heavy (non-hydrogen) atoms. The average molecular weight is 372 g/mol. The Hall–Kier alpha value is -1.59. The molecule has 1 unspecified atom stereocenters. The van der Waals surface area contributed by atoms with E-state index in [0.29, 0.717) is 11.2 Å². The third-order valence-electron chi connectivity index (χ3n) is 4.50. The predicted octanol–water partition coefficient (Wildman–Crippen LogP) is 4.75. The summed E-state index contributed by atoms with van der Waals surface area (Å²) < 4.78 is 6.23. The molecule has 3 nitrogen and oxygen atoms in total. The number of anilines is 1. The molecule has 0 spiro atoms. The van der Waals surface area contributed by atoms with Crippen LogP contribution < -0.4 is 10.1 Å². The van der Waals surface area contributed by atoms with Gasteiger partial charge in [0.05, 0.1) is 10.5 Å². The number of benzene rings is 2. The zero-order valence-corrected chi connectivity index (χ0v) is 15.6. The van der Waals surface area contributed by atoms with Crippen LogP contribution in [0.5, 0.6) is 5.75 Å². The Kier molecular flexibility index (Phi) is 5.22. The highest BCUT2D eigenvalue weighted by Gasteiger charge is 2.26. The van der Waals surface area contributed by atoms with Crippen LogP contribution in [-0.2, 0) is 11.2 Å². The van der Waals surface area contributed by atoms with Gasteiger partial charge in [0.1, 0.15) is 12.4 Å². The molecular formula is C20H21NO2S2. The molecule has 2 aromatic carbocycles. The van der Waals surface area contributed by atoms with Crippen molar-refractivity contribution in [2.45, 2.75) is 17.4 Å². The molecule has 1 atom stereocenters. The van der Waals surface area contributed by atoms with Crippen molar-refractivity contribution in [2.75, 3.05) is 23.4 Å². The molecule has 1 N–H and O–H groups in total. The molecular weight excluding hydrogens is 350 g/mol. The van der Waals surface area contributed by atoms with Gasteiger partial charge in [-0.1, -0.05) is 30.3 Å². The number of carbonyl (C=O) groups excluding carboxylic acids is 1. The molecule has 0 bridgehead atoms. The molecule has 5 heteroatoms. The Morgan fingerprint density at radius 3 is 2.80 bits per heavy atom. The average Bonchev–Trinajstić information content (AvgIpc) is 2.68. The summed E-state index contributed by atoms with van der Waals surface area (Å²) in [5.41, 5.74) is 3.28. The van der Waals surface area contributed by atoms with Gasteiger partial charge in [-0.05, 0) is 53.7 Å². The number of amides is 1. The van der Waals surface area contributed by atoms with Crippen molar-refractivity contribution in [1.82, 2.24) is 0 Å². The number of carbonyl (C=O) groups is 1. The molecule has 130 valence electrons. The number of hydrogen-bond acceptors (Lipinski definition) is 4. The van der Waals surface area contributed by atoms with Crippen LogP contribution in [0.25, 0.3) is 0 Å². The summed E-state index contributed by atoms with van der Waals surface area (Å²) in [7, 11) is 0. The molecule has 1 saturated heterocycles. The lowest BCUT2D eigenvalue weighted by Crippen LogP contribution is -2.32. The van der Waals surface area contributed by atoms with Crippen LogP contribution >= 0.6 is 23.5 Å². The fraction of sp³-hybridized carbons (Fsp3) is 0.350. The molecule has 2 aliphatic rings. The van der Waals surface area contributed by atoms with Gasteiger partial charge in [0, 0.05) is 5.69 Å². The van der Waals surface area contributed by atoms with E-state index in [4.69, 9.17) is 4.74 Å². The van der Waals surface area contributed by atoms with Crippen molar-refractivity contribution in [3.63, 3.8) is 0 Å². The second-order valence-electron chi connectivity index (χ2n) is 6.36. The summed E-state index contributed by atoms with van der Waals surface area (Å²) in [6.07, 6.45) is 2.02. The maximum atomic E-state index is 12.7. The molecule has 2 heterocycles. The first kappa shape index (κ1) is 16.9. The van der Waals surface area contributed by atoms with Crippen molar-refractivity contribution < 1.29 is 9.53 Å². The predicted molar refractivity (Wildman–Crippen MR) is 106 cm³/mol. The van der Waals surface area contributed by atoms with E-state index in [1.54, 1.807) is 0 Å². The zero-order valence-electron chi connectivity index (χ0n) is 13.9. The lowest BCUT2D eigenvalue weighted by molar-refractivity contribution is -0.121. The first-order valence-corrected chi connectivity index (χ1v) is 10.7. The van der Waals surface area contributed by atoms with Crippen LogP contribution in [-0.4, -0.2) is 24.0 Å². The first-order valence-electron chi connectivity index (χ1n) is 8.64. The van der Waals surface area contributed by atoms with Gasteiger partial charge in [0.25, 0.3) is 0 Å². The quantitative estimate of drug-likeness (QED) is 0.845. The summed E-state index contributed by atoms with van der Waals surface area (Å²) >= 11 is 3.99. The van der Waals surface area contributed by atoms with Crippen LogP contribution in [0.2, 0.25) is 0 Å². The van der Waals surface area contributed by atoms with Crippen LogP contribution in [0.1, 0.15) is 22.1 Å². The van der Waals surface area contributed by atoms with Crippen molar-refractivity contribution in [2.24, 2.45) is 5.92 Å². The van der Waals surface area contributed by atoms with E-state index in [1.807, 2.05) is 59.9 Å². The Bertz CT molecular complexity index is 759. The summed E-state index contributed by atoms with van der Waals surface area (Å²) in [5, 5.41) is 3.08. The fourth-order valence-corrected chi connectivity index (χ4v) is 6.06. The lowest BCUT2D eigenvalue weighted by atomic mass is 9.96. The number of ether oxygens (including phenoxy) is 1. The number of hydrogen-bond donors (Lipinski definition) is 1. The van der Waals surface area contributed by atoms with Gasteiger partial charge in [-0.2, -0.15) is 0 Å². The molecule has 0 aliphatic carbocycles. The summed E-state index contributed by atoms with van der Waals surface area (Å²) in [6, 6.07) is 16.2. The number of para-hydroxylation sites is 1. The van der Waals surface area contributed by atoms with Crippen LogP contribution in [0.4, 0.5) is 5.69 Å². The van der Waals surface area contributed by atoms with E-state index >= 15 is 0 Å². The van der Waals surface area contributed by atoms with Crippen LogP contribution in [0, 0.1) is 5.92 Å². The van der Waals surface area contributed by atoms with E-state index in [9.17, 15) is 4.79 Å². The Balaban J connectivity index is 1.43. The Morgan fingerprint density at radius 1 is 1.08 bits per heavy atom. The molecule has 1 fully saturated rings. The van der Waals surface area contributed by atoms with Crippen molar-refractivity contribution in [3.05, 3.63) is 59.7 Å². The highest BCUT2D eigenvalue weighted by atomic mass is 32.2. The molecule has 2 aromatic rings. The zero-order chi connectivity index (χ0) is 17.1. The third-order valence-corrected chi connectivity index (χ3v) is 7.52. The lowest BCUT2D eigenvalue weighted by Gasteiger charge is -2.25. The maximum Gasteiger partial charge on any atom is 0.231 e. The molecule has 0 aromatic heterocycles. The topological polar surface area (TPSA) is 38.3 Å². The minimum absolute atomic E-state index is 0.0376. The largest absolute Gasteiger partial charge is 0.492 e. The number of rotatable bonds is 3. The molecule has 1 amide bonds. The second kappa shape index (κ2) is 7.75. The van der Waals surface area contributed by atoms with Gasteiger partial charge in [0.15, 0.2) is 0 Å². The van der Waals surface area contributed by atoms with Crippen LogP contribution in [0.15, 0.2) is 48.5 Å². The van der Waals surface area contributed by atoms with E-state index in [0.717, 1.165) is 23.4 Å². The minimum Gasteiger partial charge on any atom is -0.492 e. The molecule has 4 rings (SSSR count). The highest BCUT2D eigenvalue weighted by molar-refractivity contribution is 8.16. The van der Waals surface area contributed by atoms with E-state index in [2.05, 4.69) is 17.4 Å². The van der Waals surface area contributed by atoms with E-state index < -0.39 is 0 Å². The monoisotopic (exact) mass is 371 g/mol. The second-order valence-corrected chi connectivity index (χ2v) is 9.09. The fourth-order valence-electron chi connectivity index (χ4n) is 3.18. The van der Waals surface area contributed by atoms with E-state index in [1.165, 1.54) is 23.5 Å². The molecule has 0 saturated carbocycles. The van der Waals surface area contributed by atoms with Gasteiger partial charge in [-0.25, -0.2) is 0 Å². The van der Waals surface area contributed by atoms with Gasteiger partial charge in [0.2, 0.25) is 5.91 Å². The SMILES string of the molecule is O=C(Nc1cccc(C2SCCCS2)c1)C1COc2ccccc2C1. The van der Waals surface area contributed by atoms with Gasteiger partial charge in [-0.3, -0.25) is 4.79 Å². The molecule has 2 aliphatic heterocycles. The van der Waals surface area contributed by atoms with Gasteiger partial charge >= 0.3 is 0 Å². The smallest absolute Gasteiger partial charge is 0.231 e. The Morgan fingerprint density at radius 2 is 1.92 bits per heavy atom. The highest BCUT2D eigenvalue weighted by Crippen LogP contribution is 2.44. The minimum atomic E-state index is -0.142. The number of thioether (sulfide) groups is 2. The summed E-state index contributed by atoms with van der Waals surface area (Å²) in [5.74, 6) is 3.23. The standard InChI is InChI=1S/C20H21NO2S2/c22-19(16-11-14-5-1-2-8-18(14)23-13-16)21-17-7-3-6-15(12-17)20-24-9-4-10-25-20/h1-3,5-8,12,16,20H,4,9-11,13H2,(H,21,22). The van der Waals surface area contributed by atoms with Crippen molar-refractivity contribution in [3.8, 4) is 5.75 Å². The normalized spacial score (nSPS) is 20.4. The number of fused-ring (bicyclic) bond motifs is 1. The third kappa shape index (κ3) is 3.98. The van der Waals surface area contributed by atoms with Gasteiger partial charge in [-0.15, -0.1) is 23.5 Å². The summed E-state index contributed by atoms with van der Waals surface area (Å²) in [6.45, 7) is 0.441. The van der Waals surface area contributed by atoms with Gasteiger partial charge < -0.3 is 10.1 Å². The number of nitrogens with one attached hydrogen (secondary N) is 1. The van der Waals surface area contributed by atoms with Crippen LogP contribution in [0.3, 0.4) is 0 Å². The molecule has 0 radical (unpaired) electrons. The first-order chi connectivity index (χ1) is 12.3. The summed E-state index contributed by atoms with van der Waals surface area (Å²) in [4.78, 5) is 12.7. The Labute approximate surface area is 156 Å². The maximum absolute atomic E-state index is 12.7. The van der Waals surface area contributed by atoms with Crippen molar-refractivity contribution >= 4 is 35.1 Å².